The standard InChI is InChI=1S/C16H14F2O/c17-14-9-13(10-15(18)11-14)16(19)8-4-7-12-5-2-1-3-6-12/h1-3,5-6,9-11H,4,7-8H2. The smallest absolute Gasteiger partial charge is 0.163 e. The van der Waals surface area contributed by atoms with Crippen LogP contribution in [0.25, 0.3) is 0 Å². The van der Waals surface area contributed by atoms with Gasteiger partial charge in [-0.25, -0.2) is 8.78 Å². The summed E-state index contributed by atoms with van der Waals surface area (Å²) in [6.45, 7) is 0. The van der Waals surface area contributed by atoms with Crippen molar-refractivity contribution in [2.24, 2.45) is 0 Å². The summed E-state index contributed by atoms with van der Waals surface area (Å²) in [6.07, 6.45) is 1.74. The van der Waals surface area contributed by atoms with Crippen LogP contribution in [0.3, 0.4) is 0 Å². The molecule has 0 aliphatic carbocycles. The first kappa shape index (κ1) is 13.4. The lowest BCUT2D eigenvalue weighted by Crippen LogP contribution is -2.01. The fourth-order valence-electron chi connectivity index (χ4n) is 1.96. The van der Waals surface area contributed by atoms with E-state index in [0.29, 0.717) is 6.42 Å². The molecule has 0 heterocycles. The molecule has 0 spiro atoms. The molecule has 1 nitrogen and oxygen atoms in total. The van der Waals surface area contributed by atoms with E-state index in [9.17, 15) is 13.6 Å². The van der Waals surface area contributed by atoms with Gasteiger partial charge in [0, 0.05) is 18.1 Å². The van der Waals surface area contributed by atoms with Gasteiger partial charge in [-0.3, -0.25) is 4.79 Å². The first-order valence-electron chi connectivity index (χ1n) is 6.18. The molecule has 2 rings (SSSR count). The van der Waals surface area contributed by atoms with Gasteiger partial charge in [0.15, 0.2) is 5.78 Å². The Hall–Kier alpha value is -2.03. The molecular weight excluding hydrogens is 246 g/mol. The summed E-state index contributed by atoms with van der Waals surface area (Å²) in [7, 11) is 0. The van der Waals surface area contributed by atoms with Gasteiger partial charge in [-0.2, -0.15) is 0 Å². The summed E-state index contributed by atoms with van der Waals surface area (Å²) in [6, 6.07) is 12.7. The maximum absolute atomic E-state index is 13.0. The molecule has 0 aliphatic rings. The van der Waals surface area contributed by atoms with Crippen molar-refractivity contribution in [3.05, 3.63) is 71.3 Å². The van der Waals surface area contributed by atoms with Crippen molar-refractivity contribution in [2.75, 3.05) is 0 Å². The monoisotopic (exact) mass is 260 g/mol. The molecule has 98 valence electrons. The van der Waals surface area contributed by atoms with Crippen molar-refractivity contribution >= 4 is 5.78 Å². The maximum Gasteiger partial charge on any atom is 0.163 e. The fraction of sp³-hybridized carbons (Fsp3) is 0.188. The number of carbonyl (C=O) groups is 1. The highest BCUT2D eigenvalue weighted by molar-refractivity contribution is 5.96. The lowest BCUT2D eigenvalue weighted by molar-refractivity contribution is 0.0979. The lowest BCUT2D eigenvalue weighted by atomic mass is 10.0. The molecule has 0 aliphatic heterocycles. The molecule has 2 aromatic carbocycles. The summed E-state index contributed by atoms with van der Waals surface area (Å²) < 4.78 is 26.0. The average molecular weight is 260 g/mol. The van der Waals surface area contributed by atoms with E-state index in [1.165, 1.54) is 0 Å². The minimum Gasteiger partial charge on any atom is -0.294 e. The topological polar surface area (TPSA) is 17.1 Å². The van der Waals surface area contributed by atoms with Crippen LogP contribution in [0.4, 0.5) is 8.78 Å². The Balaban J connectivity index is 1.91. The molecule has 0 saturated heterocycles. The molecule has 0 radical (unpaired) electrons. The Morgan fingerprint density at radius 2 is 1.58 bits per heavy atom. The minimum absolute atomic E-state index is 0.102. The molecule has 0 unspecified atom stereocenters. The predicted octanol–water partition coefficient (Wildman–Crippen LogP) is 4.17. The lowest BCUT2D eigenvalue weighted by Gasteiger charge is -2.03. The second-order valence-electron chi connectivity index (χ2n) is 4.42. The second kappa shape index (κ2) is 6.23. The van der Waals surface area contributed by atoms with Gasteiger partial charge in [-0.15, -0.1) is 0 Å². The third-order valence-electron chi connectivity index (χ3n) is 2.90. The van der Waals surface area contributed by atoms with E-state index in [-0.39, 0.29) is 17.8 Å². The first-order chi connectivity index (χ1) is 9.15. The zero-order chi connectivity index (χ0) is 13.7. The Labute approximate surface area is 110 Å². The van der Waals surface area contributed by atoms with Gasteiger partial charge < -0.3 is 0 Å². The molecule has 0 atom stereocenters. The average Bonchev–Trinajstić information content (AvgIpc) is 2.38. The van der Waals surface area contributed by atoms with Crippen LogP contribution >= 0.6 is 0 Å². The molecule has 0 fully saturated rings. The van der Waals surface area contributed by atoms with E-state index in [0.717, 1.165) is 30.2 Å². The molecule has 0 amide bonds. The number of hydrogen-bond donors (Lipinski definition) is 0. The van der Waals surface area contributed by atoms with Gasteiger partial charge in [-0.1, -0.05) is 30.3 Å². The van der Waals surface area contributed by atoms with Crippen molar-refractivity contribution in [1.82, 2.24) is 0 Å². The minimum atomic E-state index is -0.716. The molecule has 0 N–H and O–H groups in total. The van der Waals surface area contributed by atoms with E-state index in [4.69, 9.17) is 0 Å². The van der Waals surface area contributed by atoms with Gasteiger partial charge in [0.1, 0.15) is 11.6 Å². The van der Waals surface area contributed by atoms with Crippen molar-refractivity contribution in [3.8, 4) is 0 Å². The summed E-state index contributed by atoms with van der Waals surface area (Å²) in [5.74, 6) is -1.66. The largest absolute Gasteiger partial charge is 0.294 e. The highest BCUT2D eigenvalue weighted by atomic mass is 19.1. The van der Waals surface area contributed by atoms with Crippen molar-refractivity contribution in [3.63, 3.8) is 0 Å². The quantitative estimate of drug-likeness (QED) is 0.737. The SMILES string of the molecule is O=C(CCCc1ccccc1)c1cc(F)cc(F)c1. The Morgan fingerprint density at radius 3 is 2.21 bits per heavy atom. The molecule has 0 bridgehead atoms. The van der Waals surface area contributed by atoms with Crippen LogP contribution in [-0.2, 0) is 6.42 Å². The van der Waals surface area contributed by atoms with Gasteiger partial charge in [-0.05, 0) is 30.5 Å². The normalized spacial score (nSPS) is 10.4. The van der Waals surface area contributed by atoms with Crippen LogP contribution in [0, 0.1) is 11.6 Å². The number of carbonyl (C=O) groups excluding carboxylic acids is 1. The van der Waals surface area contributed by atoms with Gasteiger partial charge in [0.05, 0.1) is 0 Å². The van der Waals surface area contributed by atoms with Gasteiger partial charge >= 0.3 is 0 Å². The number of benzene rings is 2. The Kier molecular flexibility index (Phi) is 4.39. The van der Waals surface area contributed by atoms with E-state index in [1.54, 1.807) is 0 Å². The van der Waals surface area contributed by atoms with Crippen LogP contribution in [0.15, 0.2) is 48.5 Å². The van der Waals surface area contributed by atoms with Crippen LogP contribution < -0.4 is 0 Å². The number of halogens is 2. The van der Waals surface area contributed by atoms with Crippen LogP contribution in [0.2, 0.25) is 0 Å². The predicted molar refractivity (Wildman–Crippen MR) is 70.1 cm³/mol. The Bertz CT molecular complexity index is 544. The second-order valence-corrected chi connectivity index (χ2v) is 4.42. The third kappa shape index (κ3) is 3.98. The third-order valence-corrected chi connectivity index (χ3v) is 2.90. The summed E-state index contributed by atoms with van der Waals surface area (Å²) in [4.78, 5) is 11.8. The first-order valence-corrected chi connectivity index (χ1v) is 6.18. The van der Waals surface area contributed by atoms with E-state index in [1.807, 2.05) is 30.3 Å². The zero-order valence-electron chi connectivity index (χ0n) is 10.4. The molecular formula is C16H14F2O. The summed E-state index contributed by atoms with van der Waals surface area (Å²) in [5, 5.41) is 0. The fourth-order valence-corrected chi connectivity index (χ4v) is 1.96. The van der Waals surface area contributed by atoms with E-state index >= 15 is 0 Å². The van der Waals surface area contributed by atoms with E-state index in [2.05, 4.69) is 0 Å². The number of hydrogen-bond acceptors (Lipinski definition) is 1. The molecule has 19 heavy (non-hydrogen) atoms. The van der Waals surface area contributed by atoms with Crippen LogP contribution in [0.5, 0.6) is 0 Å². The molecule has 3 heteroatoms. The highest BCUT2D eigenvalue weighted by Gasteiger charge is 2.09. The summed E-state index contributed by atoms with van der Waals surface area (Å²) >= 11 is 0. The van der Waals surface area contributed by atoms with Gasteiger partial charge in [0.25, 0.3) is 0 Å². The highest BCUT2D eigenvalue weighted by Crippen LogP contribution is 2.12. The molecule has 0 aromatic heterocycles. The maximum atomic E-state index is 13.0. The summed E-state index contributed by atoms with van der Waals surface area (Å²) in [5.41, 5.74) is 1.26. The number of Topliss-reactive ketones (excluding diaryl/α,β-unsaturated/α-hetero) is 1. The molecule has 2 aromatic rings. The van der Waals surface area contributed by atoms with Crippen LogP contribution in [0.1, 0.15) is 28.8 Å². The van der Waals surface area contributed by atoms with Crippen molar-refractivity contribution in [1.29, 1.82) is 0 Å². The van der Waals surface area contributed by atoms with E-state index < -0.39 is 11.6 Å². The number of rotatable bonds is 5. The van der Waals surface area contributed by atoms with Crippen LogP contribution in [-0.4, -0.2) is 5.78 Å². The van der Waals surface area contributed by atoms with Crippen molar-refractivity contribution < 1.29 is 13.6 Å². The number of aryl methyl sites for hydroxylation is 1. The Morgan fingerprint density at radius 1 is 0.947 bits per heavy atom. The number of ketones is 1. The zero-order valence-corrected chi connectivity index (χ0v) is 10.4. The van der Waals surface area contributed by atoms with Crippen molar-refractivity contribution in [2.45, 2.75) is 19.3 Å². The van der Waals surface area contributed by atoms with Gasteiger partial charge in [0.2, 0.25) is 0 Å². The molecule has 0 saturated carbocycles.